The Kier molecular flexibility index (Phi) is 5.23. The molecule has 0 saturated carbocycles. The molecule has 2 saturated heterocycles. The van der Waals surface area contributed by atoms with Crippen LogP contribution in [-0.4, -0.2) is 56.3 Å². The van der Waals surface area contributed by atoms with Crippen LogP contribution in [0.4, 0.5) is 17.3 Å². The van der Waals surface area contributed by atoms with Crippen LogP contribution in [0.3, 0.4) is 0 Å². The van der Waals surface area contributed by atoms with Gasteiger partial charge in [-0.05, 0) is 19.1 Å². The van der Waals surface area contributed by atoms with Crippen molar-refractivity contribution in [3.05, 3.63) is 30.1 Å². The number of hydrogen-bond donors (Lipinski definition) is 1. The topological polar surface area (TPSA) is 78.0 Å². The van der Waals surface area contributed by atoms with Crippen molar-refractivity contribution in [1.82, 2.24) is 9.97 Å². The van der Waals surface area contributed by atoms with Crippen LogP contribution in [0.15, 0.2) is 24.3 Å². The second kappa shape index (κ2) is 7.81. The average molecular weight is 386 g/mol. The van der Waals surface area contributed by atoms with E-state index in [0.717, 1.165) is 49.0 Å². The van der Waals surface area contributed by atoms with Gasteiger partial charge in [-0.15, -0.1) is 0 Å². The largest absolute Gasteiger partial charge is 0.497 e. The predicted molar refractivity (Wildman–Crippen MR) is 106 cm³/mol. The molecule has 8 heteroatoms. The second-order valence-electron chi connectivity index (χ2n) is 6.94. The van der Waals surface area contributed by atoms with Gasteiger partial charge in [0.15, 0.2) is 5.79 Å². The van der Waals surface area contributed by atoms with Crippen molar-refractivity contribution in [1.29, 1.82) is 0 Å². The first-order valence-corrected chi connectivity index (χ1v) is 9.48. The van der Waals surface area contributed by atoms with Gasteiger partial charge in [0, 0.05) is 38.1 Å². The number of methoxy groups -OCH3 is 2. The van der Waals surface area contributed by atoms with Crippen LogP contribution in [0.1, 0.15) is 18.7 Å². The van der Waals surface area contributed by atoms with E-state index in [4.69, 9.17) is 18.9 Å². The standard InChI is InChI=1S/C20H26N4O4/c1-14-21-18(23-16-5-4-15(25-2)12-17(16)26-3)13-19(22-14)24-8-6-20(7-9-24)27-10-11-28-20/h4-5,12-13H,6-11H2,1-3H3,(H,21,22,23). The highest BCUT2D eigenvalue weighted by Crippen LogP contribution is 2.34. The maximum Gasteiger partial charge on any atom is 0.171 e. The molecule has 0 bridgehead atoms. The summed E-state index contributed by atoms with van der Waals surface area (Å²) in [5.74, 6) is 3.36. The van der Waals surface area contributed by atoms with Gasteiger partial charge in [-0.2, -0.15) is 0 Å². The molecule has 2 aliphatic heterocycles. The van der Waals surface area contributed by atoms with Gasteiger partial charge < -0.3 is 29.2 Å². The molecule has 2 aromatic rings. The van der Waals surface area contributed by atoms with Crippen LogP contribution in [0.25, 0.3) is 0 Å². The molecule has 150 valence electrons. The number of nitrogens with zero attached hydrogens (tertiary/aromatic N) is 3. The summed E-state index contributed by atoms with van der Waals surface area (Å²) in [4.78, 5) is 11.4. The van der Waals surface area contributed by atoms with Gasteiger partial charge >= 0.3 is 0 Å². The minimum atomic E-state index is -0.393. The summed E-state index contributed by atoms with van der Waals surface area (Å²) in [7, 11) is 3.26. The van der Waals surface area contributed by atoms with Crippen LogP contribution in [0, 0.1) is 6.92 Å². The summed E-state index contributed by atoms with van der Waals surface area (Å²) in [6.45, 7) is 4.94. The van der Waals surface area contributed by atoms with Gasteiger partial charge in [0.25, 0.3) is 0 Å². The van der Waals surface area contributed by atoms with E-state index >= 15 is 0 Å². The highest BCUT2D eigenvalue weighted by molar-refractivity contribution is 5.67. The molecule has 4 rings (SSSR count). The van der Waals surface area contributed by atoms with Crippen LogP contribution in [0.5, 0.6) is 11.5 Å². The molecule has 1 aromatic heterocycles. The summed E-state index contributed by atoms with van der Waals surface area (Å²) in [5.41, 5.74) is 0.817. The van der Waals surface area contributed by atoms with E-state index in [1.807, 2.05) is 31.2 Å². The Morgan fingerprint density at radius 2 is 1.79 bits per heavy atom. The maximum absolute atomic E-state index is 5.82. The SMILES string of the molecule is COc1ccc(Nc2cc(N3CCC4(CC3)OCCO4)nc(C)n2)c(OC)c1. The van der Waals surface area contributed by atoms with E-state index in [1.54, 1.807) is 14.2 Å². The number of ether oxygens (including phenoxy) is 4. The smallest absolute Gasteiger partial charge is 0.171 e. The monoisotopic (exact) mass is 386 g/mol. The third kappa shape index (κ3) is 3.83. The number of hydrogen-bond acceptors (Lipinski definition) is 8. The first kappa shape index (κ1) is 18.8. The summed E-state index contributed by atoms with van der Waals surface area (Å²) in [5, 5.41) is 3.34. The number of piperidine rings is 1. The van der Waals surface area contributed by atoms with Crippen molar-refractivity contribution in [3.8, 4) is 11.5 Å². The molecule has 0 radical (unpaired) electrons. The van der Waals surface area contributed by atoms with E-state index < -0.39 is 5.79 Å². The summed E-state index contributed by atoms with van der Waals surface area (Å²) >= 11 is 0. The Balaban J connectivity index is 1.52. The lowest BCUT2D eigenvalue weighted by atomic mass is 10.0. The molecular formula is C20H26N4O4. The van der Waals surface area contributed by atoms with Crippen molar-refractivity contribution in [2.75, 3.05) is 50.7 Å². The fourth-order valence-electron chi connectivity index (χ4n) is 3.68. The first-order chi connectivity index (χ1) is 13.6. The first-order valence-electron chi connectivity index (χ1n) is 9.48. The zero-order chi connectivity index (χ0) is 19.6. The average Bonchev–Trinajstić information content (AvgIpc) is 3.16. The summed E-state index contributed by atoms with van der Waals surface area (Å²) in [6, 6.07) is 7.59. The van der Waals surface area contributed by atoms with Crippen molar-refractivity contribution in [2.45, 2.75) is 25.6 Å². The Hall–Kier alpha value is -2.58. The Morgan fingerprint density at radius 3 is 2.46 bits per heavy atom. The number of nitrogens with one attached hydrogen (secondary N) is 1. The van der Waals surface area contributed by atoms with Gasteiger partial charge in [0.2, 0.25) is 0 Å². The van der Waals surface area contributed by atoms with E-state index in [9.17, 15) is 0 Å². The predicted octanol–water partition coefficient (Wildman–Crippen LogP) is 2.89. The molecule has 1 spiro atoms. The molecule has 2 aliphatic rings. The molecule has 0 amide bonds. The van der Waals surface area contributed by atoms with Crippen molar-refractivity contribution >= 4 is 17.3 Å². The lowest BCUT2D eigenvalue weighted by molar-refractivity contribution is -0.169. The normalized spacial score (nSPS) is 18.3. The van der Waals surface area contributed by atoms with E-state index in [0.29, 0.717) is 24.8 Å². The summed E-state index contributed by atoms with van der Waals surface area (Å²) < 4.78 is 22.4. The number of aromatic nitrogens is 2. The molecule has 0 atom stereocenters. The zero-order valence-corrected chi connectivity index (χ0v) is 16.5. The van der Waals surface area contributed by atoms with Crippen molar-refractivity contribution in [2.24, 2.45) is 0 Å². The fourth-order valence-corrected chi connectivity index (χ4v) is 3.68. The lowest BCUT2D eigenvalue weighted by Crippen LogP contribution is -2.45. The lowest BCUT2D eigenvalue weighted by Gasteiger charge is -2.38. The van der Waals surface area contributed by atoms with Crippen LogP contribution in [-0.2, 0) is 9.47 Å². The van der Waals surface area contributed by atoms with Crippen LogP contribution < -0.4 is 19.7 Å². The van der Waals surface area contributed by atoms with E-state index in [2.05, 4.69) is 20.2 Å². The molecule has 3 heterocycles. The Bertz CT molecular complexity index is 829. The summed E-state index contributed by atoms with van der Waals surface area (Å²) in [6.07, 6.45) is 1.68. The van der Waals surface area contributed by atoms with Gasteiger partial charge in [-0.1, -0.05) is 0 Å². The number of benzene rings is 1. The molecule has 1 N–H and O–H groups in total. The second-order valence-corrected chi connectivity index (χ2v) is 6.94. The highest BCUT2D eigenvalue weighted by Gasteiger charge is 2.40. The Labute approximate surface area is 164 Å². The minimum absolute atomic E-state index is 0.393. The molecule has 0 aliphatic carbocycles. The number of aryl methyl sites for hydroxylation is 1. The molecule has 2 fully saturated rings. The molecule has 0 unspecified atom stereocenters. The van der Waals surface area contributed by atoms with Gasteiger partial charge in [-0.25, -0.2) is 9.97 Å². The molecule has 28 heavy (non-hydrogen) atoms. The van der Waals surface area contributed by atoms with E-state index in [1.165, 1.54) is 0 Å². The third-order valence-corrected chi connectivity index (χ3v) is 5.16. The highest BCUT2D eigenvalue weighted by atomic mass is 16.7. The van der Waals surface area contributed by atoms with Gasteiger partial charge in [0.05, 0.1) is 33.1 Å². The maximum atomic E-state index is 5.82. The van der Waals surface area contributed by atoms with Crippen LogP contribution in [0.2, 0.25) is 0 Å². The van der Waals surface area contributed by atoms with Gasteiger partial charge in [-0.3, -0.25) is 0 Å². The Morgan fingerprint density at radius 1 is 1.04 bits per heavy atom. The van der Waals surface area contributed by atoms with Gasteiger partial charge in [0.1, 0.15) is 29.0 Å². The molecule has 1 aromatic carbocycles. The quantitative estimate of drug-likeness (QED) is 0.841. The fraction of sp³-hybridized carbons (Fsp3) is 0.500. The van der Waals surface area contributed by atoms with E-state index in [-0.39, 0.29) is 0 Å². The van der Waals surface area contributed by atoms with Crippen LogP contribution >= 0.6 is 0 Å². The number of rotatable bonds is 5. The zero-order valence-electron chi connectivity index (χ0n) is 16.5. The number of anilines is 3. The third-order valence-electron chi connectivity index (χ3n) is 5.16. The van der Waals surface area contributed by atoms with Crippen molar-refractivity contribution < 1.29 is 18.9 Å². The minimum Gasteiger partial charge on any atom is -0.497 e. The molecular weight excluding hydrogens is 360 g/mol. The van der Waals surface area contributed by atoms with Crippen molar-refractivity contribution in [3.63, 3.8) is 0 Å². The molecule has 8 nitrogen and oxygen atoms in total.